The maximum atomic E-state index is 14.5. The molecule has 0 spiro atoms. The Morgan fingerprint density at radius 3 is 2.58 bits per heavy atom. The number of para-hydroxylation sites is 1. The van der Waals surface area contributed by atoms with E-state index in [0.29, 0.717) is 48.8 Å². The molecule has 6 rings (SSSR count). The molecule has 1 fully saturated rings. The van der Waals surface area contributed by atoms with E-state index in [4.69, 9.17) is 9.47 Å². The van der Waals surface area contributed by atoms with Gasteiger partial charge in [0.05, 0.1) is 18.1 Å². The van der Waals surface area contributed by atoms with E-state index in [1.807, 2.05) is 12.1 Å². The Kier molecular flexibility index (Phi) is 13.1. The Bertz CT molecular complexity index is 1910. The number of hydrogen-bond acceptors (Lipinski definition) is 8. The number of nitrogens with one attached hydrogen (secondary N) is 3. The summed E-state index contributed by atoms with van der Waals surface area (Å²) < 4.78 is 12.9. The van der Waals surface area contributed by atoms with Gasteiger partial charge in [0.1, 0.15) is 0 Å². The molecule has 2 aliphatic heterocycles. The highest BCUT2D eigenvalue weighted by Crippen LogP contribution is 2.43. The molecule has 1 unspecified atom stereocenters. The van der Waals surface area contributed by atoms with Crippen LogP contribution in [0.1, 0.15) is 66.4 Å². The molecule has 3 N–H and O–H groups in total. The maximum absolute atomic E-state index is 14.5. The Hall–Kier alpha value is -5.33. The molecular weight excluding hydrogens is 700 g/mol. The van der Waals surface area contributed by atoms with Gasteiger partial charge in [0.2, 0.25) is 17.4 Å². The van der Waals surface area contributed by atoms with E-state index in [1.165, 1.54) is 41.3 Å². The number of aromatic nitrogens is 1. The van der Waals surface area contributed by atoms with E-state index < -0.39 is 5.41 Å². The normalized spacial score (nSPS) is 19.8. The number of aryl methyl sites for hydroxylation is 2. The minimum atomic E-state index is -0.936. The third-order valence-corrected chi connectivity index (χ3v) is 10.9. The molecule has 55 heavy (non-hydrogen) atoms. The molecule has 2 bridgehead atoms. The van der Waals surface area contributed by atoms with Crippen LogP contribution in [-0.4, -0.2) is 92.6 Å². The number of pyridine rings is 1. The van der Waals surface area contributed by atoms with E-state index in [-0.39, 0.29) is 68.4 Å². The second kappa shape index (κ2) is 18.3. The predicted octanol–water partition coefficient (Wildman–Crippen LogP) is 3.23. The number of nitrogens with zero attached hydrogens (tertiary/aromatic N) is 3. The fourth-order valence-corrected chi connectivity index (χ4v) is 7.70. The van der Waals surface area contributed by atoms with E-state index in [0.717, 1.165) is 50.8 Å². The smallest absolute Gasteiger partial charge is 0.258 e. The quantitative estimate of drug-likeness (QED) is 0.282. The molecular formula is C42H54N6O7. The fraction of sp³-hybridized carbons (Fsp3) is 0.500. The van der Waals surface area contributed by atoms with Crippen molar-refractivity contribution in [2.45, 2.75) is 57.8 Å². The molecule has 3 aliphatic rings. The maximum Gasteiger partial charge on any atom is 0.258 e. The van der Waals surface area contributed by atoms with Crippen LogP contribution < -0.4 is 35.9 Å². The largest absolute Gasteiger partial charge is 0.493 e. The standard InChI is InChI=1S/C42H54N6O7/c1-46-27-33(15-17-39(46)51)40(52)48-21-6-11-37(49)45-29-42(25-30-12-13-30,26-31-14-16-35(54-2)36(24-31)55-28-38(50)43-19-23-48)41(53)44-18-7-22-47-20-5-9-32-8-3-4-10-34(32)47/h3-4,8,10,14-17,24,27,30H,5-7,9,11-13,18-23,25-26,28-29H2,1-2H3,(H,43,50)(H,44,53)(H,45,49). The van der Waals surface area contributed by atoms with Crippen LogP contribution in [-0.2, 0) is 34.3 Å². The minimum Gasteiger partial charge on any atom is -0.493 e. The van der Waals surface area contributed by atoms with Gasteiger partial charge >= 0.3 is 0 Å². The van der Waals surface area contributed by atoms with E-state index in [9.17, 15) is 24.0 Å². The number of fused-ring (bicyclic) bond motifs is 3. The van der Waals surface area contributed by atoms with Crippen LogP contribution in [0.3, 0.4) is 0 Å². The first-order chi connectivity index (χ1) is 26.6. The molecule has 4 amide bonds. The van der Waals surface area contributed by atoms with Crippen molar-refractivity contribution in [3.05, 3.63) is 87.8 Å². The van der Waals surface area contributed by atoms with Crippen molar-refractivity contribution >= 4 is 29.3 Å². The van der Waals surface area contributed by atoms with Gasteiger partial charge in [0, 0.05) is 77.2 Å². The Labute approximate surface area is 322 Å². The van der Waals surface area contributed by atoms with Gasteiger partial charge in [-0.15, -0.1) is 0 Å². The highest BCUT2D eigenvalue weighted by molar-refractivity contribution is 5.94. The summed E-state index contributed by atoms with van der Waals surface area (Å²) >= 11 is 0. The van der Waals surface area contributed by atoms with Gasteiger partial charge < -0.3 is 39.8 Å². The van der Waals surface area contributed by atoms with Gasteiger partial charge in [-0.3, -0.25) is 24.0 Å². The number of amides is 4. The third kappa shape index (κ3) is 10.5. The second-order valence-electron chi connectivity index (χ2n) is 15.1. The lowest BCUT2D eigenvalue weighted by Crippen LogP contribution is -2.50. The first-order valence-electron chi connectivity index (χ1n) is 19.5. The van der Waals surface area contributed by atoms with Gasteiger partial charge in [-0.05, 0) is 79.8 Å². The van der Waals surface area contributed by atoms with Crippen molar-refractivity contribution in [2.24, 2.45) is 18.4 Å². The highest BCUT2D eigenvalue weighted by atomic mass is 16.5. The van der Waals surface area contributed by atoms with Crippen LogP contribution in [0.2, 0.25) is 0 Å². The summed E-state index contributed by atoms with van der Waals surface area (Å²) in [5.74, 6) is 0.193. The molecule has 2 aromatic carbocycles. The lowest BCUT2D eigenvalue weighted by atomic mass is 9.75. The van der Waals surface area contributed by atoms with Crippen molar-refractivity contribution < 1.29 is 28.7 Å². The van der Waals surface area contributed by atoms with Crippen LogP contribution in [0, 0.1) is 11.3 Å². The van der Waals surface area contributed by atoms with Gasteiger partial charge in [-0.2, -0.15) is 0 Å². The zero-order valence-electron chi connectivity index (χ0n) is 32.1. The van der Waals surface area contributed by atoms with Crippen molar-refractivity contribution in [1.29, 1.82) is 0 Å². The van der Waals surface area contributed by atoms with Gasteiger partial charge in [0.15, 0.2) is 18.1 Å². The average Bonchev–Trinajstić information content (AvgIpc) is 4.01. The summed E-state index contributed by atoms with van der Waals surface area (Å²) in [6.45, 7) is 2.79. The summed E-state index contributed by atoms with van der Waals surface area (Å²) in [5, 5.41) is 9.18. The molecule has 294 valence electrons. The zero-order valence-corrected chi connectivity index (χ0v) is 32.1. The van der Waals surface area contributed by atoms with Crippen molar-refractivity contribution in [1.82, 2.24) is 25.4 Å². The van der Waals surface area contributed by atoms with E-state index in [2.05, 4.69) is 45.1 Å². The number of ether oxygens (including phenoxy) is 2. The molecule has 13 nitrogen and oxygen atoms in total. The summed E-state index contributed by atoms with van der Waals surface area (Å²) in [4.78, 5) is 70.4. The third-order valence-electron chi connectivity index (χ3n) is 10.9. The van der Waals surface area contributed by atoms with Crippen molar-refractivity contribution in [3.8, 4) is 11.5 Å². The summed E-state index contributed by atoms with van der Waals surface area (Å²) in [5.41, 5.74) is 2.62. The first kappa shape index (κ1) is 39.4. The van der Waals surface area contributed by atoms with Crippen LogP contribution in [0.15, 0.2) is 65.6 Å². The zero-order chi connectivity index (χ0) is 38.8. The predicted molar refractivity (Wildman–Crippen MR) is 209 cm³/mol. The average molecular weight is 755 g/mol. The second-order valence-corrected chi connectivity index (χ2v) is 15.1. The number of carbonyl (C=O) groups is 4. The fourth-order valence-electron chi connectivity index (χ4n) is 7.70. The summed E-state index contributed by atoms with van der Waals surface area (Å²) in [6.07, 6.45) is 7.98. The molecule has 1 aliphatic carbocycles. The van der Waals surface area contributed by atoms with Gasteiger partial charge in [-0.1, -0.05) is 37.1 Å². The number of carbonyl (C=O) groups excluding carboxylic acids is 4. The Morgan fingerprint density at radius 2 is 1.78 bits per heavy atom. The molecule has 0 radical (unpaired) electrons. The number of benzene rings is 2. The lowest BCUT2D eigenvalue weighted by molar-refractivity contribution is -0.132. The SMILES string of the molecule is COc1ccc2cc1OCC(=O)NCCN(C(=O)c1ccc(=O)n(C)c1)CCCC(=O)NCC(CC1CC1)(C(=O)NCCCN1CCCc3ccccc31)C2. The summed E-state index contributed by atoms with van der Waals surface area (Å²) in [6, 6.07) is 16.8. The lowest BCUT2D eigenvalue weighted by Gasteiger charge is -2.34. The van der Waals surface area contributed by atoms with Crippen molar-refractivity contribution in [2.75, 3.05) is 64.4 Å². The van der Waals surface area contributed by atoms with Crippen LogP contribution in [0.25, 0.3) is 0 Å². The number of hydrogen-bond donors (Lipinski definition) is 3. The molecule has 13 heteroatoms. The van der Waals surface area contributed by atoms with Crippen LogP contribution >= 0.6 is 0 Å². The number of methoxy groups -OCH3 is 1. The molecule has 1 aromatic heterocycles. The van der Waals surface area contributed by atoms with Gasteiger partial charge in [0.25, 0.3) is 11.8 Å². The van der Waals surface area contributed by atoms with E-state index in [1.54, 1.807) is 18.0 Å². The molecule has 3 heterocycles. The van der Waals surface area contributed by atoms with Gasteiger partial charge in [-0.25, -0.2) is 0 Å². The number of anilines is 1. The van der Waals surface area contributed by atoms with Crippen molar-refractivity contribution in [3.63, 3.8) is 0 Å². The molecule has 0 saturated heterocycles. The highest BCUT2D eigenvalue weighted by Gasteiger charge is 2.43. The Balaban J connectivity index is 1.20. The topological polar surface area (TPSA) is 151 Å². The first-order valence-corrected chi connectivity index (χ1v) is 19.5. The number of rotatable bonds is 9. The molecule has 1 saturated carbocycles. The van der Waals surface area contributed by atoms with E-state index >= 15 is 0 Å². The monoisotopic (exact) mass is 754 g/mol. The van der Waals surface area contributed by atoms with Crippen LogP contribution in [0.5, 0.6) is 11.5 Å². The molecule has 1 atom stereocenters. The minimum absolute atomic E-state index is 0.0974. The molecule has 3 aromatic rings. The summed E-state index contributed by atoms with van der Waals surface area (Å²) in [7, 11) is 3.10. The van der Waals surface area contributed by atoms with Crippen LogP contribution in [0.4, 0.5) is 5.69 Å². The Morgan fingerprint density at radius 1 is 0.964 bits per heavy atom.